The number of hydrogen-bond acceptors (Lipinski definition) is 2. The zero-order valence-corrected chi connectivity index (χ0v) is 10.2. The van der Waals surface area contributed by atoms with E-state index in [0.29, 0.717) is 6.61 Å². The lowest BCUT2D eigenvalue weighted by Gasteiger charge is -2.10. The van der Waals surface area contributed by atoms with Gasteiger partial charge in [-0.3, -0.25) is 4.79 Å². The Bertz CT molecular complexity index is 400. The first-order chi connectivity index (χ1) is 8.26. The lowest BCUT2D eigenvalue weighted by Crippen LogP contribution is -2.26. The van der Waals surface area contributed by atoms with Crippen LogP contribution in [0.15, 0.2) is 24.3 Å². The molecule has 0 heterocycles. The van der Waals surface area contributed by atoms with E-state index in [0.717, 1.165) is 18.6 Å². The van der Waals surface area contributed by atoms with E-state index in [1.807, 2.05) is 31.2 Å². The molecular weight excluding hydrogens is 214 g/mol. The fourth-order valence-electron chi connectivity index (χ4n) is 1.44. The maximum Gasteiger partial charge on any atom is 0.207 e. The normalized spacial score (nSPS) is 10.9. The van der Waals surface area contributed by atoms with Crippen molar-refractivity contribution in [3.8, 4) is 17.6 Å². The molecule has 1 aromatic rings. The highest BCUT2D eigenvalue weighted by Crippen LogP contribution is 2.13. The van der Waals surface area contributed by atoms with E-state index >= 15 is 0 Å². The number of amides is 1. The number of carbonyl (C=O) groups is 1. The average Bonchev–Trinajstić information content (AvgIpc) is 2.32. The summed E-state index contributed by atoms with van der Waals surface area (Å²) in [5, 5.41) is 2.72. The molecule has 1 amide bonds. The van der Waals surface area contributed by atoms with E-state index in [9.17, 15) is 4.79 Å². The summed E-state index contributed by atoms with van der Waals surface area (Å²) in [7, 11) is 0. The zero-order chi connectivity index (χ0) is 12.5. The van der Waals surface area contributed by atoms with Crippen LogP contribution in [-0.2, 0) is 11.2 Å². The second kappa shape index (κ2) is 7.34. The Hall–Kier alpha value is -1.95. The summed E-state index contributed by atoms with van der Waals surface area (Å²) in [5.74, 6) is 6.42. The molecule has 0 bridgehead atoms. The molecule has 0 aromatic heterocycles. The van der Waals surface area contributed by atoms with Gasteiger partial charge in [-0.05, 0) is 38.0 Å². The first-order valence-electron chi connectivity index (χ1n) is 5.57. The van der Waals surface area contributed by atoms with Gasteiger partial charge in [-0.15, -0.1) is 5.92 Å². The SMILES string of the molecule is CC#CCOc1ccc(C[C@@H](C)NC=O)cc1. The lowest BCUT2D eigenvalue weighted by molar-refractivity contribution is -0.110. The van der Waals surface area contributed by atoms with Gasteiger partial charge >= 0.3 is 0 Å². The number of nitrogens with one attached hydrogen (secondary N) is 1. The summed E-state index contributed by atoms with van der Waals surface area (Å²) in [4.78, 5) is 10.3. The Morgan fingerprint density at radius 3 is 2.71 bits per heavy atom. The second-order valence-corrected chi connectivity index (χ2v) is 3.75. The first-order valence-corrected chi connectivity index (χ1v) is 5.57. The van der Waals surface area contributed by atoms with Gasteiger partial charge in [0, 0.05) is 6.04 Å². The minimum absolute atomic E-state index is 0.144. The molecule has 0 fully saturated rings. The van der Waals surface area contributed by atoms with Crippen molar-refractivity contribution in [1.82, 2.24) is 5.32 Å². The lowest BCUT2D eigenvalue weighted by atomic mass is 10.1. The van der Waals surface area contributed by atoms with Gasteiger partial charge in [-0.25, -0.2) is 0 Å². The summed E-state index contributed by atoms with van der Waals surface area (Å²) in [6, 6.07) is 7.97. The molecule has 1 aromatic carbocycles. The fourth-order valence-corrected chi connectivity index (χ4v) is 1.44. The predicted molar refractivity (Wildman–Crippen MR) is 67.8 cm³/mol. The van der Waals surface area contributed by atoms with Crippen LogP contribution in [0.2, 0.25) is 0 Å². The summed E-state index contributed by atoms with van der Waals surface area (Å²) in [6.07, 6.45) is 1.54. The van der Waals surface area contributed by atoms with Crippen LogP contribution >= 0.6 is 0 Å². The highest BCUT2D eigenvalue weighted by Gasteiger charge is 2.01. The average molecular weight is 231 g/mol. The van der Waals surface area contributed by atoms with Crippen molar-refractivity contribution in [1.29, 1.82) is 0 Å². The van der Waals surface area contributed by atoms with Crippen LogP contribution in [0.25, 0.3) is 0 Å². The van der Waals surface area contributed by atoms with Crippen molar-refractivity contribution in [2.45, 2.75) is 26.3 Å². The van der Waals surface area contributed by atoms with Crippen LogP contribution in [0.1, 0.15) is 19.4 Å². The molecule has 0 aliphatic heterocycles. The van der Waals surface area contributed by atoms with Crippen molar-refractivity contribution in [3.05, 3.63) is 29.8 Å². The first kappa shape index (κ1) is 13.1. The van der Waals surface area contributed by atoms with Crippen LogP contribution in [-0.4, -0.2) is 19.1 Å². The van der Waals surface area contributed by atoms with Gasteiger partial charge in [0.1, 0.15) is 12.4 Å². The molecule has 1 atom stereocenters. The van der Waals surface area contributed by atoms with E-state index in [-0.39, 0.29) is 6.04 Å². The second-order valence-electron chi connectivity index (χ2n) is 3.75. The summed E-state index contributed by atoms with van der Waals surface area (Å²) < 4.78 is 5.41. The number of ether oxygens (including phenoxy) is 1. The molecule has 0 radical (unpaired) electrons. The Morgan fingerprint density at radius 1 is 1.41 bits per heavy atom. The molecular formula is C14H17NO2. The molecule has 3 heteroatoms. The topological polar surface area (TPSA) is 38.3 Å². The van der Waals surface area contributed by atoms with Crippen molar-refractivity contribution in [3.63, 3.8) is 0 Å². The van der Waals surface area contributed by atoms with Crippen LogP contribution < -0.4 is 10.1 Å². The number of carbonyl (C=O) groups excluding carboxylic acids is 1. The number of rotatable bonds is 6. The Morgan fingerprint density at radius 2 is 2.12 bits per heavy atom. The van der Waals surface area contributed by atoms with E-state index in [2.05, 4.69) is 17.2 Å². The molecule has 90 valence electrons. The minimum Gasteiger partial charge on any atom is -0.481 e. The standard InChI is InChI=1S/C14H17NO2/c1-3-4-9-17-14-7-5-13(6-8-14)10-12(2)15-11-16/h5-8,11-12H,9-10H2,1-2H3,(H,15,16)/t12-/m1/s1. The van der Waals surface area contributed by atoms with Gasteiger partial charge in [0.2, 0.25) is 6.41 Å². The zero-order valence-electron chi connectivity index (χ0n) is 10.2. The van der Waals surface area contributed by atoms with E-state index < -0.39 is 0 Å². The smallest absolute Gasteiger partial charge is 0.207 e. The quantitative estimate of drug-likeness (QED) is 0.598. The summed E-state index contributed by atoms with van der Waals surface area (Å²) in [5.41, 5.74) is 1.17. The minimum atomic E-state index is 0.144. The maximum absolute atomic E-state index is 10.3. The van der Waals surface area contributed by atoms with Crippen molar-refractivity contribution >= 4 is 6.41 Å². The van der Waals surface area contributed by atoms with Crippen LogP contribution in [0.5, 0.6) is 5.75 Å². The molecule has 0 saturated carbocycles. The van der Waals surface area contributed by atoms with Gasteiger partial charge in [-0.1, -0.05) is 18.1 Å². The van der Waals surface area contributed by atoms with Gasteiger partial charge < -0.3 is 10.1 Å². The highest BCUT2D eigenvalue weighted by molar-refractivity contribution is 5.46. The largest absolute Gasteiger partial charge is 0.481 e. The molecule has 1 rings (SSSR count). The Balaban J connectivity index is 2.48. The van der Waals surface area contributed by atoms with Gasteiger partial charge in [0.05, 0.1) is 0 Å². The third kappa shape index (κ3) is 5.07. The number of benzene rings is 1. The van der Waals surface area contributed by atoms with E-state index in [1.54, 1.807) is 6.92 Å². The molecule has 0 spiro atoms. The van der Waals surface area contributed by atoms with Crippen molar-refractivity contribution < 1.29 is 9.53 Å². The molecule has 0 aliphatic carbocycles. The van der Waals surface area contributed by atoms with E-state index in [1.165, 1.54) is 5.56 Å². The fraction of sp³-hybridized carbons (Fsp3) is 0.357. The van der Waals surface area contributed by atoms with Crippen LogP contribution in [0.3, 0.4) is 0 Å². The van der Waals surface area contributed by atoms with Crippen molar-refractivity contribution in [2.75, 3.05) is 6.61 Å². The molecule has 1 N–H and O–H groups in total. The third-order valence-corrected chi connectivity index (χ3v) is 2.31. The predicted octanol–water partition coefficient (Wildman–Crippen LogP) is 1.77. The maximum atomic E-state index is 10.3. The number of hydrogen-bond donors (Lipinski definition) is 1. The van der Waals surface area contributed by atoms with Gasteiger partial charge in [0.25, 0.3) is 0 Å². The van der Waals surface area contributed by atoms with Crippen molar-refractivity contribution in [2.24, 2.45) is 0 Å². The Kier molecular flexibility index (Phi) is 5.67. The summed E-state index contributed by atoms with van der Waals surface area (Å²) >= 11 is 0. The van der Waals surface area contributed by atoms with E-state index in [4.69, 9.17) is 4.74 Å². The van der Waals surface area contributed by atoms with Gasteiger partial charge in [-0.2, -0.15) is 0 Å². The van der Waals surface area contributed by atoms with Crippen LogP contribution in [0, 0.1) is 11.8 Å². The van der Waals surface area contributed by atoms with Gasteiger partial charge in [0.15, 0.2) is 0 Å². The molecule has 3 nitrogen and oxygen atoms in total. The van der Waals surface area contributed by atoms with Crippen LogP contribution in [0.4, 0.5) is 0 Å². The monoisotopic (exact) mass is 231 g/mol. The molecule has 17 heavy (non-hydrogen) atoms. The highest BCUT2D eigenvalue weighted by atomic mass is 16.5. The third-order valence-electron chi connectivity index (χ3n) is 2.31. The molecule has 0 saturated heterocycles. The molecule has 0 unspecified atom stereocenters. The Labute approximate surface area is 102 Å². The summed E-state index contributed by atoms with van der Waals surface area (Å²) in [6.45, 7) is 4.17. The molecule has 0 aliphatic rings.